The number of sulfonamides is 2. The number of nitrogens with zero attached hydrogens (tertiary/aromatic N) is 3. The minimum Gasteiger partial charge on any atom is -0.444 e. The van der Waals surface area contributed by atoms with E-state index in [1.165, 1.54) is 58.4 Å². The number of amides is 9. The van der Waals surface area contributed by atoms with E-state index < -0.39 is 171 Å². The van der Waals surface area contributed by atoms with E-state index in [0.717, 1.165) is 38.5 Å². The van der Waals surface area contributed by atoms with Crippen LogP contribution in [0.5, 0.6) is 0 Å². The van der Waals surface area contributed by atoms with E-state index in [1.807, 2.05) is 48.5 Å². The summed E-state index contributed by atoms with van der Waals surface area (Å²) in [6.07, 6.45) is 11.9. The van der Waals surface area contributed by atoms with Crippen molar-refractivity contribution in [3.63, 3.8) is 0 Å². The maximum absolute atomic E-state index is 14.6. The standard InChI is InChI=1S/C38H57N5O8S2.C31H44N4O7S.C12H21NO3S/c1-10-24-21-38(24,32(46)42-53(50,51)25-17-13-11-14-18-25)40-30(44)28-27-26(36(27,8)9)22-43(28)31(45)29(34(2,3)4)39-33(47)41-37(19-15-12-16-20-37)23-52(48,49)35(5,6)7;1-10-18-16-31(18,26(38)34-43(40,41)19-14-12-11-13-15-19)33-24(36)22-21-20(30(21,8)9)17-35(22)25(37)23(28(2,3)4)32-27(39)42-29(5,6)7;1-11(2,3)17(15,16)9-12(13-10-14)7-5-4-6-8-12/h10-11,13-14,17-18,24,26-29H,1,12,15-16,19-23H2,2-9H3,(H,40,44)(H,42,46)(H2,39,41,47);10-15,18,20-23H,1,16-17H2,2-9H3,(H,32,39)(H,33,36)(H,34,38);4-9H2,1-3H3/t24?,26-,27-,28-,29+,38+;18?,20-,21-,22-,23+,31+;/m00./s1. The number of benzene rings is 2. The van der Waals surface area contributed by atoms with E-state index in [2.05, 4.69) is 54.2 Å². The monoisotopic (exact) mass is 1650 g/mol. The highest BCUT2D eigenvalue weighted by Crippen LogP contribution is 2.66. The predicted molar refractivity (Wildman–Crippen MR) is 429 cm³/mol. The number of urea groups is 1. The van der Waals surface area contributed by atoms with Crippen molar-refractivity contribution in [2.45, 2.75) is 280 Å². The zero-order valence-electron chi connectivity index (χ0n) is 69.3. The summed E-state index contributed by atoms with van der Waals surface area (Å²) in [6, 6.07) is 10.3. The Balaban J connectivity index is 0.000000238. The fourth-order valence-electron chi connectivity index (χ4n) is 16.8. The van der Waals surface area contributed by atoms with Crippen molar-refractivity contribution in [2.75, 3.05) is 24.6 Å². The summed E-state index contributed by atoms with van der Waals surface area (Å²) in [4.78, 5) is 128. The molecule has 0 aromatic heterocycles. The molecule has 8 fully saturated rings. The number of rotatable bonds is 22. The van der Waals surface area contributed by atoms with Gasteiger partial charge in [-0.15, -0.1) is 13.2 Å². The molecular weight excluding hydrogens is 1530 g/mol. The van der Waals surface area contributed by atoms with Gasteiger partial charge in [-0.1, -0.05) is 156 Å². The number of hydrogen-bond donors (Lipinski definition) is 7. The van der Waals surface area contributed by atoms with Gasteiger partial charge in [0, 0.05) is 24.9 Å². The molecule has 6 aliphatic carbocycles. The Labute approximate surface area is 669 Å². The van der Waals surface area contributed by atoms with Gasteiger partial charge in [0.05, 0.1) is 41.9 Å². The number of nitrogens with one attached hydrogen (secondary N) is 7. The highest BCUT2D eigenvalue weighted by Gasteiger charge is 2.73. The number of likely N-dealkylation sites (tertiary alicyclic amines) is 2. The van der Waals surface area contributed by atoms with Crippen LogP contribution in [0.15, 0.2) is 101 Å². The zero-order valence-corrected chi connectivity index (χ0v) is 72.5. The molecular formula is C81H122N10O18S4. The van der Waals surface area contributed by atoms with Gasteiger partial charge in [-0.3, -0.25) is 28.8 Å². The molecule has 2 unspecified atom stereocenters. The molecule has 8 aliphatic rings. The summed E-state index contributed by atoms with van der Waals surface area (Å²) in [6.45, 7) is 42.2. The van der Waals surface area contributed by atoms with E-state index in [1.54, 1.807) is 113 Å². The largest absolute Gasteiger partial charge is 0.444 e. The van der Waals surface area contributed by atoms with Crippen LogP contribution >= 0.6 is 0 Å². The van der Waals surface area contributed by atoms with E-state index in [-0.39, 0.29) is 75.2 Å². The van der Waals surface area contributed by atoms with Crippen LogP contribution < -0.4 is 36.0 Å². The van der Waals surface area contributed by atoms with E-state index in [0.29, 0.717) is 32.2 Å². The third kappa shape index (κ3) is 19.9. The topological polar surface area (TPSA) is 402 Å². The lowest BCUT2D eigenvalue weighted by Gasteiger charge is -2.41. The third-order valence-corrected chi connectivity index (χ3v) is 32.7. The van der Waals surface area contributed by atoms with Crippen molar-refractivity contribution in [3.05, 3.63) is 86.0 Å². The molecule has 28 nitrogen and oxygen atoms in total. The zero-order chi connectivity index (χ0) is 85.1. The van der Waals surface area contributed by atoms with Crippen LogP contribution in [0.4, 0.5) is 9.59 Å². The van der Waals surface area contributed by atoms with Crippen LogP contribution in [0.2, 0.25) is 0 Å². The number of ether oxygens (including phenoxy) is 1. The van der Waals surface area contributed by atoms with Gasteiger partial charge in [0.2, 0.25) is 29.7 Å². The fraction of sp³-hybridized carbons (Fsp3) is 0.691. The molecule has 6 saturated carbocycles. The number of carbonyl (C=O) groups excluding carboxylic acids is 9. The van der Waals surface area contributed by atoms with E-state index >= 15 is 0 Å². The number of fused-ring (bicyclic) bond motifs is 2. The Hall–Kier alpha value is -7.54. The van der Waals surface area contributed by atoms with Crippen molar-refractivity contribution in [2.24, 2.45) is 62.2 Å². The lowest BCUT2D eigenvalue weighted by atomic mass is 9.83. The smallest absolute Gasteiger partial charge is 0.408 e. The highest BCUT2D eigenvalue weighted by molar-refractivity contribution is 7.93. The molecule has 113 heavy (non-hydrogen) atoms. The summed E-state index contributed by atoms with van der Waals surface area (Å²) >= 11 is 0. The quantitative estimate of drug-likeness (QED) is 0.0328. The van der Waals surface area contributed by atoms with E-state index in [9.17, 15) is 76.8 Å². The van der Waals surface area contributed by atoms with E-state index in [4.69, 9.17) is 4.74 Å². The Morgan fingerprint density at radius 3 is 1.23 bits per heavy atom. The van der Waals surface area contributed by atoms with Crippen molar-refractivity contribution >= 4 is 93.4 Å². The number of aliphatic imine (C=N–C) groups is 1. The number of carbonyl (C=O) groups is 8. The fourth-order valence-corrected chi connectivity index (χ4v) is 21.9. The molecule has 12 atom stereocenters. The van der Waals surface area contributed by atoms with Crippen molar-refractivity contribution in [1.82, 2.24) is 45.8 Å². The Morgan fingerprint density at radius 1 is 0.531 bits per heavy atom. The number of isocyanates is 1. The lowest BCUT2D eigenvalue weighted by molar-refractivity contribution is -0.144. The summed E-state index contributed by atoms with van der Waals surface area (Å²) < 4.78 is 111. The van der Waals surface area contributed by atoms with Crippen LogP contribution in [0.1, 0.15) is 209 Å². The molecule has 2 aromatic rings. The molecule has 2 aliphatic heterocycles. The van der Waals surface area contributed by atoms with Crippen LogP contribution in [0, 0.1) is 57.2 Å². The second-order valence-electron chi connectivity index (χ2n) is 38.7. The Morgan fingerprint density at radius 2 is 0.894 bits per heavy atom. The normalized spacial score (nSPS) is 27.0. The highest BCUT2D eigenvalue weighted by atomic mass is 32.2. The van der Waals surface area contributed by atoms with Gasteiger partial charge in [-0.2, -0.15) is 4.99 Å². The Kier molecular flexibility index (Phi) is 25.9. The van der Waals surface area contributed by atoms with Crippen LogP contribution in [0.3, 0.4) is 0 Å². The predicted octanol–water partition coefficient (Wildman–Crippen LogP) is 8.88. The SMILES string of the molecule is C=CC1C[C@]1(NC(=O)[C@@H]1[C@@H]2[C@H](CN1C(=O)[C@@H](NC(=O)NC1(CS(=O)(=O)C(C)(C)C)CCCCC1)C(C)(C)C)C2(C)C)C(=O)NS(=O)(=O)c1ccccc1.C=CC1C[C@]1(NC(=O)[C@@H]1[C@@H]2[C@H](CN1C(=O)[C@@H](NC(=O)OC(C)(C)C)C(C)(C)C)C2(C)C)C(=O)NS(=O)(=O)c1ccccc1.CC(C)(C)S(=O)(=O)CC1(N=C=O)CCCCC1. The first-order valence-corrected chi connectivity index (χ1v) is 45.3. The molecule has 9 amide bonds. The first kappa shape index (κ1) is 91.0. The summed E-state index contributed by atoms with van der Waals surface area (Å²) in [5.41, 5.74) is -7.60. The van der Waals surface area contributed by atoms with Gasteiger partial charge in [0.1, 0.15) is 40.8 Å². The summed E-state index contributed by atoms with van der Waals surface area (Å²) in [5.74, 6) is -5.43. The lowest BCUT2D eigenvalue weighted by Crippen LogP contribution is -2.64. The van der Waals surface area contributed by atoms with Crippen LogP contribution in [0.25, 0.3) is 0 Å². The number of hydrogen-bond acceptors (Lipinski definition) is 19. The van der Waals surface area contributed by atoms with Gasteiger partial charge in [0.25, 0.3) is 31.9 Å². The minimum absolute atomic E-state index is 0.0117. The van der Waals surface area contributed by atoms with Gasteiger partial charge >= 0.3 is 12.1 Å². The third-order valence-electron chi connectivity index (χ3n) is 24.4. The maximum Gasteiger partial charge on any atom is 0.408 e. The molecule has 2 heterocycles. The Bertz CT molecular complexity index is 4520. The average molecular weight is 1650 g/mol. The molecule has 628 valence electrons. The van der Waals surface area contributed by atoms with Crippen molar-refractivity contribution in [3.8, 4) is 0 Å². The second-order valence-corrected chi connectivity index (χ2v) is 47.6. The molecule has 32 heteroatoms. The first-order chi connectivity index (χ1) is 51.7. The first-order valence-electron chi connectivity index (χ1n) is 39.1. The molecule has 10 rings (SSSR count). The summed E-state index contributed by atoms with van der Waals surface area (Å²) in [7, 11) is -15.3. The average Bonchev–Trinajstić information content (AvgIpc) is 1.52. The number of sulfone groups is 2. The van der Waals surface area contributed by atoms with Gasteiger partial charge in [0.15, 0.2) is 19.7 Å². The minimum atomic E-state index is -4.24. The van der Waals surface area contributed by atoms with Crippen molar-refractivity contribution < 1.29 is 81.6 Å². The van der Waals surface area contributed by atoms with Gasteiger partial charge < -0.3 is 41.1 Å². The second kappa shape index (κ2) is 32.2. The molecule has 0 radical (unpaired) electrons. The van der Waals surface area contributed by atoms with Crippen LogP contribution in [-0.4, -0.2) is 183 Å². The van der Waals surface area contributed by atoms with Gasteiger partial charge in [-0.25, -0.2) is 57.5 Å². The number of piperidine rings is 2. The molecule has 7 N–H and O–H groups in total. The number of alkyl carbamates (subject to hydrolysis) is 1. The maximum atomic E-state index is 14.6. The van der Waals surface area contributed by atoms with Gasteiger partial charge in [-0.05, 0) is 170 Å². The molecule has 0 spiro atoms. The van der Waals surface area contributed by atoms with Crippen molar-refractivity contribution in [1.29, 1.82) is 0 Å². The summed E-state index contributed by atoms with van der Waals surface area (Å²) in [5, 5.41) is 14.2. The molecule has 0 bridgehead atoms. The van der Waals surface area contributed by atoms with Crippen LogP contribution in [-0.2, 0) is 78.0 Å². The molecule has 2 aromatic carbocycles. The molecule has 2 saturated heterocycles.